The minimum Gasteiger partial charge on any atom is -0.385 e. The van der Waals surface area contributed by atoms with E-state index in [0.717, 1.165) is 5.56 Å². The van der Waals surface area contributed by atoms with Crippen molar-refractivity contribution in [3.63, 3.8) is 0 Å². The third-order valence-electron chi connectivity index (χ3n) is 4.39. The number of carbonyl (C=O) groups is 3. The number of benzene rings is 2. The maximum Gasteiger partial charge on any atom is 0.261 e. The Labute approximate surface area is 162 Å². The number of imide groups is 1. The number of nitrogens with one attached hydrogen (secondary N) is 1. The number of amides is 3. The van der Waals surface area contributed by atoms with Gasteiger partial charge < -0.3 is 10.1 Å². The highest BCUT2D eigenvalue weighted by Crippen LogP contribution is 2.25. The van der Waals surface area contributed by atoms with Crippen molar-refractivity contribution in [2.75, 3.05) is 25.6 Å². The fourth-order valence-corrected chi connectivity index (χ4v) is 3.06. The molecule has 0 atom stereocenters. The molecule has 0 fully saturated rings. The van der Waals surface area contributed by atoms with Gasteiger partial charge in [0.25, 0.3) is 17.7 Å². The van der Waals surface area contributed by atoms with Gasteiger partial charge in [-0.05, 0) is 49.2 Å². The van der Waals surface area contributed by atoms with Crippen LogP contribution in [0.15, 0.2) is 36.4 Å². The summed E-state index contributed by atoms with van der Waals surface area (Å²) in [5, 5.41) is 3.30. The van der Waals surface area contributed by atoms with Crippen molar-refractivity contribution in [3.8, 4) is 0 Å². The molecule has 7 heteroatoms. The number of aryl methyl sites for hydroxylation is 1. The number of ether oxygens (including phenoxy) is 1. The van der Waals surface area contributed by atoms with Crippen LogP contribution in [0.5, 0.6) is 0 Å². The molecule has 1 aliphatic heterocycles. The molecule has 0 aliphatic carbocycles. The Morgan fingerprint density at radius 3 is 2.56 bits per heavy atom. The number of hydrogen-bond donors (Lipinski definition) is 1. The third-order valence-corrected chi connectivity index (χ3v) is 4.80. The molecule has 0 saturated heterocycles. The third kappa shape index (κ3) is 3.86. The van der Waals surface area contributed by atoms with Gasteiger partial charge >= 0.3 is 0 Å². The smallest absolute Gasteiger partial charge is 0.261 e. The van der Waals surface area contributed by atoms with Crippen LogP contribution in [0.1, 0.15) is 43.1 Å². The lowest BCUT2D eigenvalue weighted by Crippen LogP contribution is -2.31. The number of rotatable bonds is 6. The van der Waals surface area contributed by atoms with Gasteiger partial charge in [-0.15, -0.1) is 0 Å². The molecular formula is C20H19ClN2O4. The van der Waals surface area contributed by atoms with E-state index in [4.69, 9.17) is 16.3 Å². The topological polar surface area (TPSA) is 75.7 Å². The molecule has 6 nitrogen and oxygen atoms in total. The van der Waals surface area contributed by atoms with Crippen LogP contribution in [0.4, 0.5) is 5.69 Å². The fraction of sp³-hybridized carbons (Fsp3) is 0.250. The minimum atomic E-state index is -0.390. The number of halogens is 1. The molecule has 1 aliphatic rings. The minimum absolute atomic E-state index is 0.243. The first-order valence-corrected chi connectivity index (χ1v) is 8.87. The van der Waals surface area contributed by atoms with Gasteiger partial charge in [0.15, 0.2) is 0 Å². The van der Waals surface area contributed by atoms with E-state index in [-0.39, 0.29) is 29.8 Å². The van der Waals surface area contributed by atoms with Gasteiger partial charge in [0.2, 0.25) is 0 Å². The van der Waals surface area contributed by atoms with Crippen LogP contribution in [0.2, 0.25) is 5.02 Å². The predicted molar refractivity (Wildman–Crippen MR) is 102 cm³/mol. The number of fused-ring (bicyclic) bond motifs is 1. The Bertz CT molecular complexity index is 926. The van der Waals surface area contributed by atoms with Gasteiger partial charge in [0.1, 0.15) is 0 Å². The number of methoxy groups -OCH3 is 1. The zero-order valence-electron chi connectivity index (χ0n) is 15.0. The first-order valence-electron chi connectivity index (χ1n) is 8.49. The lowest BCUT2D eigenvalue weighted by atomic mass is 10.1. The molecular weight excluding hydrogens is 368 g/mol. The molecule has 140 valence electrons. The van der Waals surface area contributed by atoms with Gasteiger partial charge in [0.05, 0.1) is 11.1 Å². The van der Waals surface area contributed by atoms with Crippen LogP contribution < -0.4 is 5.32 Å². The zero-order valence-corrected chi connectivity index (χ0v) is 15.8. The molecule has 3 rings (SSSR count). The second kappa shape index (κ2) is 7.90. The Morgan fingerprint density at radius 2 is 1.85 bits per heavy atom. The van der Waals surface area contributed by atoms with Crippen LogP contribution in [0, 0.1) is 6.92 Å². The largest absolute Gasteiger partial charge is 0.385 e. The lowest BCUT2D eigenvalue weighted by Gasteiger charge is -2.12. The maximum atomic E-state index is 12.5. The number of nitrogens with zero attached hydrogens (tertiary/aromatic N) is 1. The predicted octanol–water partition coefficient (Wildman–Crippen LogP) is 3.53. The molecule has 0 radical (unpaired) electrons. The highest BCUT2D eigenvalue weighted by Gasteiger charge is 2.35. The Morgan fingerprint density at radius 1 is 1.11 bits per heavy atom. The van der Waals surface area contributed by atoms with E-state index in [1.165, 1.54) is 23.1 Å². The van der Waals surface area contributed by atoms with Crippen LogP contribution in [0.25, 0.3) is 0 Å². The van der Waals surface area contributed by atoms with Crippen molar-refractivity contribution in [2.45, 2.75) is 13.3 Å². The van der Waals surface area contributed by atoms with Gasteiger partial charge in [-0.2, -0.15) is 0 Å². The summed E-state index contributed by atoms with van der Waals surface area (Å²) in [6.45, 7) is 2.61. The normalized spacial score (nSPS) is 13.1. The molecule has 0 unspecified atom stereocenters. The lowest BCUT2D eigenvalue weighted by molar-refractivity contribution is 0.0638. The van der Waals surface area contributed by atoms with Gasteiger partial charge in [-0.3, -0.25) is 19.3 Å². The zero-order chi connectivity index (χ0) is 19.6. The van der Waals surface area contributed by atoms with E-state index >= 15 is 0 Å². The number of carbonyl (C=O) groups excluding carboxylic acids is 3. The average molecular weight is 387 g/mol. The van der Waals surface area contributed by atoms with Crippen molar-refractivity contribution in [3.05, 3.63) is 63.7 Å². The first kappa shape index (κ1) is 19.1. The highest BCUT2D eigenvalue weighted by molar-refractivity contribution is 6.31. The summed E-state index contributed by atoms with van der Waals surface area (Å²) in [6.07, 6.45) is 0.559. The molecule has 3 amide bonds. The second-order valence-electron chi connectivity index (χ2n) is 6.29. The number of anilines is 1. The van der Waals surface area contributed by atoms with Crippen molar-refractivity contribution in [2.24, 2.45) is 0 Å². The molecule has 2 aromatic rings. The maximum absolute atomic E-state index is 12.5. The van der Waals surface area contributed by atoms with Crippen LogP contribution in [-0.4, -0.2) is 42.9 Å². The molecule has 0 saturated carbocycles. The Balaban J connectivity index is 1.78. The van der Waals surface area contributed by atoms with Crippen LogP contribution in [-0.2, 0) is 4.74 Å². The van der Waals surface area contributed by atoms with Gasteiger partial charge in [-0.1, -0.05) is 17.7 Å². The highest BCUT2D eigenvalue weighted by atomic mass is 35.5. The van der Waals surface area contributed by atoms with Crippen molar-refractivity contribution < 1.29 is 19.1 Å². The molecule has 0 spiro atoms. The van der Waals surface area contributed by atoms with Gasteiger partial charge in [-0.25, -0.2) is 0 Å². The fourth-order valence-electron chi connectivity index (χ4n) is 2.88. The van der Waals surface area contributed by atoms with E-state index in [1.54, 1.807) is 25.3 Å². The monoisotopic (exact) mass is 386 g/mol. The van der Waals surface area contributed by atoms with Crippen LogP contribution in [0.3, 0.4) is 0 Å². The molecule has 0 bridgehead atoms. The Hall–Kier alpha value is -2.70. The summed E-state index contributed by atoms with van der Waals surface area (Å²) >= 11 is 6.08. The van der Waals surface area contributed by atoms with E-state index in [9.17, 15) is 14.4 Å². The summed E-state index contributed by atoms with van der Waals surface area (Å²) < 4.78 is 4.96. The summed E-state index contributed by atoms with van der Waals surface area (Å²) in [5.41, 5.74) is 2.31. The van der Waals surface area contributed by atoms with Crippen molar-refractivity contribution >= 4 is 35.0 Å². The van der Waals surface area contributed by atoms with E-state index in [0.29, 0.717) is 34.9 Å². The second-order valence-corrected chi connectivity index (χ2v) is 6.69. The number of hydrogen-bond acceptors (Lipinski definition) is 4. The summed E-state index contributed by atoms with van der Waals surface area (Å²) in [7, 11) is 1.56. The first-order chi connectivity index (χ1) is 12.9. The van der Waals surface area contributed by atoms with E-state index < -0.39 is 0 Å². The van der Waals surface area contributed by atoms with Gasteiger partial charge in [0, 0.05) is 36.5 Å². The van der Waals surface area contributed by atoms with Crippen LogP contribution >= 0.6 is 11.6 Å². The van der Waals surface area contributed by atoms with E-state index in [2.05, 4.69) is 5.32 Å². The quantitative estimate of drug-likeness (QED) is 0.608. The summed E-state index contributed by atoms with van der Waals surface area (Å²) in [6, 6.07) is 9.72. The molecule has 0 aromatic heterocycles. The standard InChI is InChI=1S/C20H19ClN2O4/c1-12-4-6-14(11-17(12)21)22-18(24)13-5-7-15-16(10-13)20(26)23(19(15)25)8-3-9-27-2/h4-7,10-11H,3,8-9H2,1-2H3,(H,22,24). The Kier molecular flexibility index (Phi) is 5.58. The van der Waals surface area contributed by atoms with Crippen molar-refractivity contribution in [1.29, 1.82) is 0 Å². The summed E-state index contributed by atoms with van der Waals surface area (Å²) in [5.74, 6) is -1.11. The van der Waals surface area contributed by atoms with E-state index in [1.807, 2.05) is 6.92 Å². The SMILES string of the molecule is COCCCN1C(=O)c2ccc(C(=O)Nc3ccc(C)c(Cl)c3)cc2C1=O. The molecule has 2 aromatic carbocycles. The molecule has 27 heavy (non-hydrogen) atoms. The molecule has 1 N–H and O–H groups in total. The summed E-state index contributed by atoms with van der Waals surface area (Å²) in [4.78, 5) is 38.6. The molecule has 1 heterocycles. The average Bonchev–Trinajstić information content (AvgIpc) is 2.89. The van der Waals surface area contributed by atoms with Crippen molar-refractivity contribution in [1.82, 2.24) is 4.90 Å².